The molecule has 0 spiro atoms. The molecule has 10 heteroatoms. The summed E-state index contributed by atoms with van der Waals surface area (Å²) in [6.45, 7) is 0. The lowest BCUT2D eigenvalue weighted by atomic mass is 10.1. The number of carbonyl (C=O) groups is 2. The number of hydrogen-bond acceptors (Lipinski definition) is 7. The second-order valence-corrected chi connectivity index (χ2v) is 6.78. The maximum atomic E-state index is 11.8. The number of nitrogens with one attached hydrogen (secondary N) is 1. The van der Waals surface area contributed by atoms with E-state index in [-0.39, 0.29) is 26.9 Å². The Morgan fingerprint density at radius 3 is 2.56 bits per heavy atom. The maximum absolute atomic E-state index is 11.8. The lowest BCUT2D eigenvalue weighted by molar-refractivity contribution is -0.383. The van der Waals surface area contributed by atoms with Crippen LogP contribution in [0.25, 0.3) is 11.3 Å². The zero-order chi connectivity index (χ0) is 19.6. The molecule has 0 unspecified atom stereocenters. The van der Waals surface area contributed by atoms with Gasteiger partial charge in [0.05, 0.1) is 10.6 Å². The van der Waals surface area contributed by atoms with Crippen molar-refractivity contribution < 1.29 is 14.5 Å². The average molecular weight is 403 g/mol. The minimum Gasteiger partial charge on any atom is -0.365 e. The number of halogens is 1. The van der Waals surface area contributed by atoms with Crippen LogP contribution in [0.15, 0.2) is 42.5 Å². The topological polar surface area (TPSA) is 128 Å². The normalized spacial score (nSPS) is 10.4. The summed E-state index contributed by atoms with van der Waals surface area (Å²) in [7, 11) is 0. The van der Waals surface area contributed by atoms with Crippen LogP contribution in [0.3, 0.4) is 0 Å². The molecule has 3 N–H and O–H groups in total. The number of primary amides is 1. The fourth-order valence-electron chi connectivity index (χ4n) is 2.35. The lowest BCUT2D eigenvalue weighted by Gasteiger charge is -2.04. The van der Waals surface area contributed by atoms with Gasteiger partial charge in [0.15, 0.2) is 5.13 Å². The first-order valence-corrected chi connectivity index (χ1v) is 8.65. The van der Waals surface area contributed by atoms with Gasteiger partial charge in [0.1, 0.15) is 16.9 Å². The van der Waals surface area contributed by atoms with Crippen molar-refractivity contribution in [3.8, 4) is 11.3 Å². The Bertz CT molecular complexity index is 1050. The summed E-state index contributed by atoms with van der Waals surface area (Å²) in [4.78, 5) is 37.9. The van der Waals surface area contributed by atoms with E-state index >= 15 is 0 Å². The summed E-state index contributed by atoms with van der Waals surface area (Å²) in [5.41, 5.74) is 6.49. The van der Waals surface area contributed by atoms with Gasteiger partial charge in [-0.3, -0.25) is 19.7 Å². The highest BCUT2D eigenvalue weighted by Gasteiger charge is 2.20. The van der Waals surface area contributed by atoms with Gasteiger partial charge in [0, 0.05) is 22.2 Å². The van der Waals surface area contributed by atoms with Crippen LogP contribution in [0.4, 0.5) is 16.5 Å². The monoisotopic (exact) mass is 402 g/mol. The Hall–Kier alpha value is -3.30. The number of amides is 1. The van der Waals surface area contributed by atoms with Gasteiger partial charge < -0.3 is 11.1 Å². The quantitative estimate of drug-likeness (QED) is 0.364. The van der Waals surface area contributed by atoms with Crippen molar-refractivity contribution >= 4 is 51.6 Å². The standard InChI is InChI=1S/C17H11ClN4O4S/c18-11-4-2-10(3-5-11)14-15(16(19)24)27-17(21-14)20-12-7-9(8-23)1-6-13(12)22(25)26/h1-8H,(H2,19,24)(H,20,21). The van der Waals surface area contributed by atoms with Crippen molar-refractivity contribution in [1.82, 2.24) is 4.98 Å². The number of nitrogens with zero attached hydrogens (tertiary/aromatic N) is 2. The molecule has 3 aromatic rings. The van der Waals surface area contributed by atoms with E-state index in [1.165, 1.54) is 18.2 Å². The Balaban J connectivity index is 2.05. The largest absolute Gasteiger partial charge is 0.365 e. The van der Waals surface area contributed by atoms with Crippen LogP contribution < -0.4 is 11.1 Å². The van der Waals surface area contributed by atoms with Gasteiger partial charge in [0.2, 0.25) is 0 Å². The Morgan fingerprint density at radius 2 is 1.96 bits per heavy atom. The Kier molecular flexibility index (Phi) is 5.15. The predicted molar refractivity (Wildman–Crippen MR) is 103 cm³/mol. The first kappa shape index (κ1) is 18.5. The van der Waals surface area contributed by atoms with E-state index < -0.39 is 10.8 Å². The SMILES string of the molecule is NC(=O)c1sc(Nc2cc(C=O)ccc2[N+](=O)[O-])nc1-c1ccc(Cl)cc1. The van der Waals surface area contributed by atoms with E-state index in [1.807, 2.05) is 0 Å². The molecule has 3 rings (SSSR count). The number of hydrogen-bond donors (Lipinski definition) is 2. The van der Waals surface area contributed by atoms with E-state index in [0.29, 0.717) is 22.6 Å². The number of nitro groups is 1. The molecule has 1 aromatic heterocycles. The zero-order valence-corrected chi connectivity index (χ0v) is 15.1. The molecule has 0 aliphatic heterocycles. The molecule has 2 aromatic carbocycles. The van der Waals surface area contributed by atoms with E-state index in [0.717, 1.165) is 11.3 Å². The van der Waals surface area contributed by atoms with Crippen molar-refractivity contribution in [2.75, 3.05) is 5.32 Å². The van der Waals surface area contributed by atoms with Crippen LogP contribution in [0.1, 0.15) is 20.0 Å². The molecule has 0 radical (unpaired) electrons. The van der Waals surface area contributed by atoms with E-state index in [4.69, 9.17) is 17.3 Å². The predicted octanol–water partition coefficient (Wildman–Crippen LogP) is 4.03. The van der Waals surface area contributed by atoms with Gasteiger partial charge in [-0.25, -0.2) is 4.98 Å². The van der Waals surface area contributed by atoms with Crippen LogP contribution in [-0.2, 0) is 0 Å². The van der Waals surface area contributed by atoms with Crippen LogP contribution in [0.5, 0.6) is 0 Å². The maximum Gasteiger partial charge on any atom is 0.292 e. The summed E-state index contributed by atoms with van der Waals surface area (Å²) in [5, 5.41) is 14.8. The number of carbonyl (C=O) groups excluding carboxylic acids is 2. The average Bonchev–Trinajstić information content (AvgIpc) is 3.06. The molecule has 0 aliphatic carbocycles. The number of aldehydes is 1. The van der Waals surface area contributed by atoms with Crippen molar-refractivity contribution in [2.45, 2.75) is 0 Å². The molecule has 1 amide bonds. The lowest BCUT2D eigenvalue weighted by Crippen LogP contribution is -2.10. The first-order chi connectivity index (χ1) is 12.9. The molecule has 0 saturated heterocycles. The summed E-state index contributed by atoms with van der Waals surface area (Å²) >= 11 is 6.83. The zero-order valence-electron chi connectivity index (χ0n) is 13.5. The van der Waals surface area contributed by atoms with Crippen molar-refractivity contribution in [3.05, 3.63) is 68.0 Å². The van der Waals surface area contributed by atoms with Crippen molar-refractivity contribution in [2.24, 2.45) is 5.73 Å². The highest BCUT2D eigenvalue weighted by molar-refractivity contribution is 7.18. The van der Waals surface area contributed by atoms with Crippen LogP contribution in [-0.4, -0.2) is 22.1 Å². The van der Waals surface area contributed by atoms with Crippen LogP contribution in [0.2, 0.25) is 5.02 Å². The molecule has 0 bridgehead atoms. The minimum absolute atomic E-state index is 0.0806. The molecule has 27 heavy (non-hydrogen) atoms. The van der Waals surface area contributed by atoms with Gasteiger partial charge in [-0.2, -0.15) is 0 Å². The molecule has 0 atom stereocenters. The van der Waals surface area contributed by atoms with Gasteiger partial charge >= 0.3 is 0 Å². The number of aromatic nitrogens is 1. The summed E-state index contributed by atoms with van der Waals surface area (Å²) in [5.74, 6) is -0.679. The molecular weight excluding hydrogens is 392 g/mol. The molecule has 8 nitrogen and oxygen atoms in total. The number of rotatable bonds is 6. The molecule has 0 aliphatic rings. The second-order valence-electron chi connectivity index (χ2n) is 5.34. The van der Waals surface area contributed by atoms with Crippen molar-refractivity contribution in [1.29, 1.82) is 0 Å². The third-order valence-corrected chi connectivity index (χ3v) is 4.80. The first-order valence-electron chi connectivity index (χ1n) is 7.46. The number of thiazole rings is 1. The number of anilines is 2. The van der Waals surface area contributed by atoms with Crippen LogP contribution in [0, 0.1) is 10.1 Å². The Labute approximate surface area is 161 Å². The highest BCUT2D eigenvalue weighted by Crippen LogP contribution is 2.35. The van der Waals surface area contributed by atoms with E-state index in [9.17, 15) is 19.7 Å². The molecule has 0 saturated carbocycles. The summed E-state index contributed by atoms with van der Waals surface area (Å²) in [6, 6.07) is 10.5. The summed E-state index contributed by atoms with van der Waals surface area (Å²) < 4.78 is 0. The molecule has 0 fully saturated rings. The van der Waals surface area contributed by atoms with Gasteiger partial charge in [-0.05, 0) is 24.3 Å². The third-order valence-electron chi connectivity index (χ3n) is 3.56. The number of benzene rings is 2. The molecule has 1 heterocycles. The number of nitrogens with two attached hydrogens (primary N) is 1. The summed E-state index contributed by atoms with van der Waals surface area (Å²) in [6.07, 6.45) is 0.574. The third kappa shape index (κ3) is 3.94. The molecular formula is C17H11ClN4O4S. The Morgan fingerprint density at radius 1 is 1.26 bits per heavy atom. The van der Waals surface area contributed by atoms with Crippen molar-refractivity contribution in [3.63, 3.8) is 0 Å². The van der Waals surface area contributed by atoms with Gasteiger partial charge in [-0.1, -0.05) is 35.1 Å². The fraction of sp³-hybridized carbons (Fsp3) is 0. The minimum atomic E-state index is -0.679. The van der Waals surface area contributed by atoms with E-state index in [1.54, 1.807) is 24.3 Å². The van der Waals surface area contributed by atoms with E-state index in [2.05, 4.69) is 10.3 Å². The van der Waals surface area contributed by atoms with Crippen LogP contribution >= 0.6 is 22.9 Å². The smallest absolute Gasteiger partial charge is 0.292 e. The fourth-order valence-corrected chi connectivity index (χ4v) is 3.32. The van der Waals surface area contributed by atoms with Gasteiger partial charge in [-0.15, -0.1) is 0 Å². The number of nitro benzene ring substituents is 1. The molecule has 136 valence electrons. The van der Waals surface area contributed by atoms with Gasteiger partial charge in [0.25, 0.3) is 11.6 Å². The highest BCUT2D eigenvalue weighted by atomic mass is 35.5. The second kappa shape index (κ2) is 7.52.